The summed E-state index contributed by atoms with van der Waals surface area (Å²) >= 11 is 0. The largest absolute Gasteiger partial charge is 0.361 e. The SMILES string of the molecule is CCCCCN(C)C(=O)[C@@H]1C=C2c3cccc4[nH]cc(c34)C[C@H]2N(C)C1. The molecule has 4 heteroatoms. The van der Waals surface area contributed by atoms with E-state index in [0.29, 0.717) is 6.04 Å². The van der Waals surface area contributed by atoms with E-state index in [1.807, 2.05) is 11.9 Å². The van der Waals surface area contributed by atoms with E-state index in [4.69, 9.17) is 0 Å². The van der Waals surface area contributed by atoms with Gasteiger partial charge in [-0.25, -0.2) is 0 Å². The highest BCUT2D eigenvalue weighted by molar-refractivity contribution is 5.99. The van der Waals surface area contributed by atoms with Gasteiger partial charge in [-0.1, -0.05) is 38.0 Å². The average Bonchev–Trinajstić information content (AvgIpc) is 3.06. The Morgan fingerprint density at radius 2 is 2.19 bits per heavy atom. The van der Waals surface area contributed by atoms with Crippen LogP contribution in [-0.4, -0.2) is 53.9 Å². The topological polar surface area (TPSA) is 39.3 Å². The van der Waals surface area contributed by atoms with E-state index < -0.39 is 0 Å². The smallest absolute Gasteiger partial charge is 0.230 e. The summed E-state index contributed by atoms with van der Waals surface area (Å²) < 4.78 is 0. The fourth-order valence-corrected chi connectivity index (χ4v) is 4.60. The molecule has 1 amide bonds. The summed E-state index contributed by atoms with van der Waals surface area (Å²) in [6, 6.07) is 6.84. The van der Waals surface area contributed by atoms with Crippen LogP contribution in [0.2, 0.25) is 0 Å². The second-order valence-corrected chi connectivity index (χ2v) is 7.90. The zero-order chi connectivity index (χ0) is 18.3. The standard InChI is InChI=1S/C22H29N3O/c1-4-5-6-10-24(2)22(26)16-11-18-17-8-7-9-19-21(17)15(13-23-19)12-20(18)25(3)14-16/h7-9,11,13,16,20,23H,4-6,10,12,14H2,1-3H3/t16-,20-/m1/s1. The van der Waals surface area contributed by atoms with Gasteiger partial charge in [0.05, 0.1) is 5.92 Å². The number of nitrogens with one attached hydrogen (secondary N) is 1. The van der Waals surface area contributed by atoms with Gasteiger partial charge in [0, 0.05) is 43.3 Å². The lowest BCUT2D eigenvalue weighted by Crippen LogP contribution is -2.47. The monoisotopic (exact) mass is 351 g/mol. The number of hydrogen-bond acceptors (Lipinski definition) is 2. The van der Waals surface area contributed by atoms with Gasteiger partial charge >= 0.3 is 0 Å². The molecule has 2 aliphatic rings. The van der Waals surface area contributed by atoms with Crippen molar-refractivity contribution in [1.29, 1.82) is 0 Å². The molecular formula is C22H29N3O. The minimum absolute atomic E-state index is 0.0476. The summed E-state index contributed by atoms with van der Waals surface area (Å²) in [6.07, 6.45) is 8.89. The molecule has 0 saturated heterocycles. The van der Waals surface area contributed by atoms with Crippen molar-refractivity contribution >= 4 is 22.4 Å². The normalized spacial score (nSPS) is 22.2. The molecule has 1 N–H and O–H groups in total. The zero-order valence-corrected chi connectivity index (χ0v) is 16.1. The summed E-state index contributed by atoms with van der Waals surface area (Å²) in [4.78, 5) is 20.7. The summed E-state index contributed by atoms with van der Waals surface area (Å²) in [5.41, 5.74) is 5.22. The number of fused-ring (bicyclic) bond motifs is 2. The maximum absolute atomic E-state index is 13.0. The van der Waals surface area contributed by atoms with Gasteiger partial charge in [0.25, 0.3) is 0 Å². The number of aromatic amines is 1. The minimum atomic E-state index is -0.0476. The van der Waals surface area contributed by atoms with Gasteiger partial charge in [-0.15, -0.1) is 0 Å². The molecule has 4 nitrogen and oxygen atoms in total. The van der Waals surface area contributed by atoms with Crippen LogP contribution in [0.3, 0.4) is 0 Å². The summed E-state index contributed by atoms with van der Waals surface area (Å²) in [6.45, 7) is 3.86. The summed E-state index contributed by atoms with van der Waals surface area (Å²) in [5.74, 6) is 0.208. The van der Waals surface area contributed by atoms with Gasteiger partial charge in [0.2, 0.25) is 5.91 Å². The van der Waals surface area contributed by atoms with Crippen molar-refractivity contribution in [2.24, 2.45) is 5.92 Å². The minimum Gasteiger partial charge on any atom is -0.361 e. The van der Waals surface area contributed by atoms with E-state index in [1.165, 1.54) is 40.4 Å². The Morgan fingerprint density at radius 3 is 3.00 bits per heavy atom. The highest BCUT2D eigenvalue weighted by Crippen LogP contribution is 2.40. The first kappa shape index (κ1) is 17.3. The summed E-state index contributed by atoms with van der Waals surface area (Å²) in [5, 5.41) is 1.34. The van der Waals surface area contributed by atoms with Gasteiger partial charge in [0.15, 0.2) is 0 Å². The van der Waals surface area contributed by atoms with Crippen LogP contribution in [0.25, 0.3) is 16.5 Å². The number of carbonyl (C=O) groups is 1. The molecule has 0 spiro atoms. The van der Waals surface area contributed by atoms with Crippen LogP contribution >= 0.6 is 0 Å². The molecule has 2 aromatic rings. The lowest BCUT2D eigenvalue weighted by Gasteiger charge is -2.40. The van der Waals surface area contributed by atoms with Crippen LogP contribution in [0.1, 0.15) is 37.3 Å². The Morgan fingerprint density at radius 1 is 1.35 bits per heavy atom. The number of nitrogens with zero attached hydrogens (tertiary/aromatic N) is 2. The Labute approximate surface area is 155 Å². The van der Waals surface area contributed by atoms with Gasteiger partial charge in [-0.3, -0.25) is 9.69 Å². The highest BCUT2D eigenvalue weighted by atomic mass is 16.2. The van der Waals surface area contributed by atoms with Crippen molar-refractivity contribution in [2.75, 3.05) is 27.2 Å². The molecule has 0 saturated carbocycles. The molecule has 1 aliphatic carbocycles. The van der Waals surface area contributed by atoms with Crippen LogP contribution in [0, 0.1) is 5.92 Å². The first-order valence-corrected chi connectivity index (χ1v) is 9.86. The second-order valence-electron chi connectivity index (χ2n) is 7.90. The van der Waals surface area contributed by atoms with Gasteiger partial charge < -0.3 is 9.88 Å². The molecule has 2 atom stereocenters. The fourth-order valence-electron chi connectivity index (χ4n) is 4.60. The Bertz CT molecular complexity index is 850. The molecule has 4 rings (SSSR count). The number of amides is 1. The number of H-pyrrole nitrogens is 1. The molecule has 138 valence electrons. The number of aromatic nitrogens is 1. The molecule has 1 aromatic carbocycles. The van der Waals surface area contributed by atoms with Crippen LogP contribution in [0.15, 0.2) is 30.5 Å². The van der Waals surface area contributed by atoms with Crippen LogP contribution in [0.4, 0.5) is 0 Å². The maximum atomic E-state index is 13.0. The van der Waals surface area contributed by atoms with Gasteiger partial charge in [0.1, 0.15) is 0 Å². The van der Waals surface area contributed by atoms with Crippen molar-refractivity contribution in [3.63, 3.8) is 0 Å². The van der Waals surface area contributed by atoms with Crippen molar-refractivity contribution in [3.8, 4) is 0 Å². The molecule has 0 fully saturated rings. The number of carbonyl (C=O) groups excluding carboxylic acids is 1. The second kappa shape index (κ2) is 6.92. The van der Waals surface area contributed by atoms with E-state index in [-0.39, 0.29) is 11.8 Å². The average molecular weight is 351 g/mol. The van der Waals surface area contributed by atoms with E-state index in [2.05, 4.69) is 54.3 Å². The summed E-state index contributed by atoms with van der Waals surface area (Å²) in [7, 11) is 4.11. The van der Waals surface area contributed by atoms with E-state index in [0.717, 1.165) is 25.9 Å². The van der Waals surface area contributed by atoms with Crippen molar-refractivity contribution in [3.05, 3.63) is 41.6 Å². The molecule has 0 unspecified atom stereocenters. The first-order chi connectivity index (χ1) is 12.6. The van der Waals surface area contributed by atoms with Crippen molar-refractivity contribution in [2.45, 2.75) is 38.6 Å². The third-order valence-electron chi connectivity index (χ3n) is 6.06. The van der Waals surface area contributed by atoms with Crippen LogP contribution in [0.5, 0.6) is 0 Å². The first-order valence-electron chi connectivity index (χ1n) is 9.86. The molecular weight excluding hydrogens is 322 g/mol. The van der Waals surface area contributed by atoms with Gasteiger partial charge in [-0.05, 0) is 42.7 Å². The number of likely N-dealkylation sites (N-methyl/N-ethyl adjacent to an activating group) is 1. The predicted molar refractivity (Wildman–Crippen MR) is 107 cm³/mol. The Kier molecular flexibility index (Phi) is 4.62. The number of benzene rings is 1. The van der Waals surface area contributed by atoms with Crippen molar-refractivity contribution < 1.29 is 4.79 Å². The molecule has 26 heavy (non-hydrogen) atoms. The molecule has 1 aromatic heterocycles. The fraction of sp³-hybridized carbons (Fsp3) is 0.500. The lowest BCUT2D eigenvalue weighted by molar-refractivity contribution is -0.133. The van der Waals surface area contributed by atoms with Gasteiger partial charge in [-0.2, -0.15) is 0 Å². The van der Waals surface area contributed by atoms with E-state index in [9.17, 15) is 4.79 Å². The van der Waals surface area contributed by atoms with Crippen LogP contribution in [-0.2, 0) is 11.2 Å². The molecule has 2 heterocycles. The molecule has 0 radical (unpaired) electrons. The van der Waals surface area contributed by atoms with E-state index >= 15 is 0 Å². The van der Waals surface area contributed by atoms with E-state index in [1.54, 1.807) is 0 Å². The quantitative estimate of drug-likeness (QED) is 0.835. The van der Waals surface area contributed by atoms with Crippen molar-refractivity contribution in [1.82, 2.24) is 14.8 Å². The maximum Gasteiger partial charge on any atom is 0.230 e. The Hall–Kier alpha value is -2.07. The third kappa shape index (κ3) is 2.86. The third-order valence-corrected chi connectivity index (χ3v) is 6.06. The highest BCUT2D eigenvalue weighted by Gasteiger charge is 2.36. The Balaban J connectivity index is 1.65. The number of unbranched alkanes of at least 4 members (excludes halogenated alkanes) is 2. The number of rotatable bonds is 5. The zero-order valence-electron chi connectivity index (χ0n) is 16.1. The predicted octanol–water partition coefficient (Wildman–Crippen LogP) is 3.69. The van der Waals surface area contributed by atoms with Crippen LogP contribution < -0.4 is 0 Å². The number of hydrogen-bond donors (Lipinski definition) is 1. The molecule has 0 bridgehead atoms. The lowest BCUT2D eigenvalue weighted by atomic mass is 9.79. The molecule has 1 aliphatic heterocycles.